The number of piperidine rings is 1. The maximum Gasteiger partial charge on any atom is 0.220 e. The summed E-state index contributed by atoms with van der Waals surface area (Å²) in [5.41, 5.74) is 1.01. The van der Waals surface area contributed by atoms with Crippen molar-refractivity contribution in [2.45, 2.75) is 32.2 Å². The molecule has 1 aliphatic rings. The standard InChI is InChI=1S/C20H33N3O3/c1-23(2)12-13-26-18-6-4-17(14-19(18)25-3)15-22-20(24)7-5-16-8-10-21-11-9-16/h4,6,14,16,21H,5,7-13,15H2,1-3H3,(H,22,24). The van der Waals surface area contributed by atoms with Crippen molar-refractivity contribution in [3.05, 3.63) is 23.8 Å². The summed E-state index contributed by atoms with van der Waals surface area (Å²) in [6, 6.07) is 5.81. The van der Waals surface area contributed by atoms with E-state index in [1.54, 1.807) is 7.11 Å². The molecule has 2 rings (SSSR count). The molecule has 1 saturated heterocycles. The maximum atomic E-state index is 12.1. The van der Waals surface area contributed by atoms with Crippen molar-refractivity contribution in [2.75, 3.05) is 47.4 Å². The van der Waals surface area contributed by atoms with Crippen LogP contribution in [0.3, 0.4) is 0 Å². The van der Waals surface area contributed by atoms with Crippen molar-refractivity contribution in [1.82, 2.24) is 15.5 Å². The minimum atomic E-state index is 0.119. The van der Waals surface area contributed by atoms with Gasteiger partial charge >= 0.3 is 0 Å². The minimum absolute atomic E-state index is 0.119. The molecule has 6 heteroatoms. The van der Waals surface area contributed by atoms with Gasteiger partial charge in [-0.25, -0.2) is 0 Å². The Labute approximate surface area is 157 Å². The lowest BCUT2D eigenvalue weighted by Gasteiger charge is -2.22. The van der Waals surface area contributed by atoms with Crippen molar-refractivity contribution < 1.29 is 14.3 Å². The molecule has 0 spiro atoms. The molecule has 0 aromatic heterocycles. The van der Waals surface area contributed by atoms with E-state index >= 15 is 0 Å². The highest BCUT2D eigenvalue weighted by molar-refractivity contribution is 5.75. The molecule has 0 atom stereocenters. The predicted octanol–water partition coefficient (Wildman–Crippen LogP) is 2.03. The van der Waals surface area contributed by atoms with Crippen LogP contribution in [0.4, 0.5) is 0 Å². The lowest BCUT2D eigenvalue weighted by molar-refractivity contribution is -0.121. The van der Waals surface area contributed by atoms with E-state index in [1.165, 1.54) is 12.8 Å². The summed E-state index contributed by atoms with van der Waals surface area (Å²) in [5, 5.41) is 6.37. The number of amides is 1. The second kappa shape index (κ2) is 11.0. The molecule has 1 aliphatic heterocycles. The van der Waals surface area contributed by atoms with Gasteiger partial charge in [0.25, 0.3) is 0 Å². The zero-order valence-corrected chi connectivity index (χ0v) is 16.3. The first-order valence-electron chi connectivity index (χ1n) is 9.50. The van der Waals surface area contributed by atoms with E-state index in [-0.39, 0.29) is 5.91 Å². The van der Waals surface area contributed by atoms with Gasteiger partial charge in [0.15, 0.2) is 11.5 Å². The van der Waals surface area contributed by atoms with Crippen LogP contribution in [0.25, 0.3) is 0 Å². The van der Waals surface area contributed by atoms with Crippen LogP contribution in [-0.2, 0) is 11.3 Å². The van der Waals surface area contributed by atoms with Gasteiger partial charge in [-0.15, -0.1) is 0 Å². The molecule has 146 valence electrons. The highest BCUT2D eigenvalue weighted by Gasteiger charge is 2.14. The van der Waals surface area contributed by atoms with E-state index in [4.69, 9.17) is 9.47 Å². The predicted molar refractivity (Wildman–Crippen MR) is 104 cm³/mol. The Hall–Kier alpha value is -1.79. The summed E-state index contributed by atoms with van der Waals surface area (Å²) in [5.74, 6) is 2.23. The minimum Gasteiger partial charge on any atom is -0.493 e. The van der Waals surface area contributed by atoms with Crippen LogP contribution < -0.4 is 20.1 Å². The number of nitrogens with zero attached hydrogens (tertiary/aromatic N) is 1. The Kier molecular flexibility index (Phi) is 8.71. The molecular formula is C20H33N3O3. The van der Waals surface area contributed by atoms with Crippen molar-refractivity contribution in [2.24, 2.45) is 5.92 Å². The highest BCUT2D eigenvalue weighted by Crippen LogP contribution is 2.28. The van der Waals surface area contributed by atoms with Crippen molar-refractivity contribution in [1.29, 1.82) is 0 Å². The number of carbonyl (C=O) groups excluding carboxylic acids is 1. The molecule has 1 aromatic carbocycles. The third-order valence-electron chi connectivity index (χ3n) is 4.75. The van der Waals surface area contributed by atoms with Gasteiger partial charge in [0.2, 0.25) is 5.91 Å². The first-order chi connectivity index (χ1) is 12.6. The Bertz CT molecular complexity index is 557. The zero-order valence-electron chi connectivity index (χ0n) is 16.3. The summed E-state index contributed by atoms with van der Waals surface area (Å²) in [4.78, 5) is 14.2. The van der Waals surface area contributed by atoms with Crippen LogP contribution >= 0.6 is 0 Å². The van der Waals surface area contributed by atoms with Crippen LogP contribution in [0.5, 0.6) is 11.5 Å². The van der Waals surface area contributed by atoms with Gasteiger partial charge in [-0.05, 0) is 70.1 Å². The van der Waals surface area contributed by atoms with Gasteiger partial charge in [0.05, 0.1) is 7.11 Å². The first-order valence-corrected chi connectivity index (χ1v) is 9.50. The number of hydrogen-bond donors (Lipinski definition) is 2. The lowest BCUT2D eigenvalue weighted by Crippen LogP contribution is -2.29. The number of nitrogens with one attached hydrogen (secondary N) is 2. The molecule has 1 fully saturated rings. The van der Waals surface area contributed by atoms with Gasteiger partial charge in [0, 0.05) is 19.5 Å². The molecule has 0 bridgehead atoms. The molecule has 1 heterocycles. The fraction of sp³-hybridized carbons (Fsp3) is 0.650. The third-order valence-corrected chi connectivity index (χ3v) is 4.75. The Morgan fingerprint density at radius 1 is 1.27 bits per heavy atom. The van der Waals surface area contributed by atoms with Crippen LogP contribution in [-0.4, -0.2) is 58.3 Å². The molecule has 2 N–H and O–H groups in total. The third kappa shape index (κ3) is 7.22. The summed E-state index contributed by atoms with van der Waals surface area (Å²) in [6.45, 7) is 4.12. The molecule has 1 aromatic rings. The Morgan fingerprint density at radius 2 is 2.04 bits per heavy atom. The zero-order chi connectivity index (χ0) is 18.8. The summed E-state index contributed by atoms with van der Waals surface area (Å²) >= 11 is 0. The van der Waals surface area contributed by atoms with E-state index in [0.29, 0.717) is 31.2 Å². The second-order valence-corrected chi connectivity index (χ2v) is 7.15. The number of hydrogen-bond acceptors (Lipinski definition) is 5. The van der Waals surface area contributed by atoms with E-state index in [9.17, 15) is 4.79 Å². The molecule has 0 unspecified atom stereocenters. The average molecular weight is 364 g/mol. The molecule has 0 aliphatic carbocycles. The number of methoxy groups -OCH3 is 1. The summed E-state index contributed by atoms with van der Waals surface area (Å²) in [6.07, 6.45) is 3.95. The summed E-state index contributed by atoms with van der Waals surface area (Å²) < 4.78 is 11.2. The van der Waals surface area contributed by atoms with Crippen molar-refractivity contribution in [3.63, 3.8) is 0 Å². The van der Waals surface area contributed by atoms with Crippen LogP contribution in [0.1, 0.15) is 31.2 Å². The smallest absolute Gasteiger partial charge is 0.220 e. The molecule has 0 radical (unpaired) electrons. The van der Waals surface area contributed by atoms with Gasteiger partial charge in [0.1, 0.15) is 6.61 Å². The van der Waals surface area contributed by atoms with Gasteiger partial charge < -0.3 is 25.0 Å². The molecule has 0 saturated carbocycles. The Balaban J connectivity index is 1.76. The van der Waals surface area contributed by atoms with E-state index in [2.05, 4.69) is 15.5 Å². The molecule has 26 heavy (non-hydrogen) atoms. The monoisotopic (exact) mass is 363 g/mol. The number of ether oxygens (including phenoxy) is 2. The second-order valence-electron chi connectivity index (χ2n) is 7.15. The normalized spacial score (nSPS) is 15.1. The summed E-state index contributed by atoms with van der Waals surface area (Å²) in [7, 11) is 5.66. The van der Waals surface area contributed by atoms with E-state index in [1.807, 2.05) is 32.3 Å². The van der Waals surface area contributed by atoms with Crippen LogP contribution in [0.15, 0.2) is 18.2 Å². The molecular weight excluding hydrogens is 330 g/mol. The lowest BCUT2D eigenvalue weighted by atomic mass is 9.93. The van der Waals surface area contributed by atoms with Crippen LogP contribution in [0.2, 0.25) is 0 Å². The van der Waals surface area contributed by atoms with Gasteiger partial charge in [-0.1, -0.05) is 6.07 Å². The van der Waals surface area contributed by atoms with E-state index < -0.39 is 0 Å². The molecule has 1 amide bonds. The average Bonchev–Trinajstić information content (AvgIpc) is 2.65. The number of rotatable bonds is 10. The number of carbonyl (C=O) groups is 1. The van der Waals surface area contributed by atoms with Gasteiger partial charge in [-0.2, -0.15) is 0 Å². The quantitative estimate of drug-likeness (QED) is 0.666. The SMILES string of the molecule is COc1cc(CNC(=O)CCC2CCNCC2)ccc1OCCN(C)C. The van der Waals surface area contributed by atoms with Crippen molar-refractivity contribution in [3.8, 4) is 11.5 Å². The van der Waals surface area contributed by atoms with Gasteiger partial charge in [-0.3, -0.25) is 4.79 Å². The maximum absolute atomic E-state index is 12.1. The van der Waals surface area contributed by atoms with E-state index in [0.717, 1.165) is 37.4 Å². The highest BCUT2D eigenvalue weighted by atomic mass is 16.5. The number of benzene rings is 1. The van der Waals surface area contributed by atoms with Crippen LogP contribution in [0, 0.1) is 5.92 Å². The first kappa shape index (κ1) is 20.5. The van der Waals surface area contributed by atoms with Crippen molar-refractivity contribution >= 4 is 5.91 Å². The number of likely N-dealkylation sites (N-methyl/N-ethyl adjacent to an activating group) is 1. The fourth-order valence-corrected chi connectivity index (χ4v) is 3.07. The fourth-order valence-electron chi connectivity index (χ4n) is 3.07. The topological polar surface area (TPSA) is 62.8 Å². The Morgan fingerprint density at radius 3 is 2.73 bits per heavy atom. The largest absolute Gasteiger partial charge is 0.493 e. The molecule has 6 nitrogen and oxygen atoms in total.